The SMILES string of the molecule is CCC(C(=O)ONC(S)(CS)C(CC)CC=O)c1ccccc1. The lowest BCUT2D eigenvalue weighted by Gasteiger charge is -2.34. The molecular formula is C17H25NO3S2. The average molecular weight is 356 g/mol. The van der Waals surface area contributed by atoms with E-state index in [4.69, 9.17) is 4.84 Å². The summed E-state index contributed by atoms with van der Waals surface area (Å²) in [7, 11) is 0. The van der Waals surface area contributed by atoms with Gasteiger partial charge in [0.25, 0.3) is 0 Å². The maximum absolute atomic E-state index is 12.4. The van der Waals surface area contributed by atoms with Gasteiger partial charge in [0.15, 0.2) is 0 Å². The van der Waals surface area contributed by atoms with E-state index < -0.39 is 4.87 Å². The van der Waals surface area contributed by atoms with Crippen LogP contribution in [0.3, 0.4) is 0 Å². The summed E-state index contributed by atoms with van der Waals surface area (Å²) in [5.41, 5.74) is 3.66. The van der Waals surface area contributed by atoms with Gasteiger partial charge in [0.05, 0.1) is 5.92 Å². The van der Waals surface area contributed by atoms with Crippen LogP contribution >= 0.6 is 25.3 Å². The minimum atomic E-state index is -0.844. The van der Waals surface area contributed by atoms with E-state index in [1.807, 2.05) is 44.2 Å². The smallest absolute Gasteiger partial charge is 0.332 e. The molecule has 0 radical (unpaired) electrons. The predicted octanol–water partition coefficient (Wildman–Crippen LogP) is 3.40. The van der Waals surface area contributed by atoms with Crippen molar-refractivity contribution in [2.24, 2.45) is 5.92 Å². The fraction of sp³-hybridized carbons (Fsp3) is 0.529. The number of carbonyl (C=O) groups is 2. The first-order valence-corrected chi connectivity index (χ1v) is 8.90. The Morgan fingerprint density at radius 2 is 1.96 bits per heavy atom. The number of benzene rings is 1. The average Bonchev–Trinajstić information content (AvgIpc) is 2.59. The molecule has 0 heterocycles. The maximum atomic E-state index is 12.4. The largest absolute Gasteiger partial charge is 0.369 e. The molecule has 3 atom stereocenters. The third-order valence-corrected chi connectivity index (χ3v) is 5.38. The molecule has 0 bridgehead atoms. The topological polar surface area (TPSA) is 55.4 Å². The van der Waals surface area contributed by atoms with E-state index in [0.29, 0.717) is 18.6 Å². The zero-order valence-corrected chi connectivity index (χ0v) is 15.4. The zero-order valence-electron chi connectivity index (χ0n) is 13.6. The number of rotatable bonds is 10. The van der Waals surface area contributed by atoms with Crippen molar-refractivity contribution in [2.45, 2.75) is 43.9 Å². The van der Waals surface area contributed by atoms with Gasteiger partial charge < -0.3 is 9.63 Å². The molecule has 0 aliphatic carbocycles. The first-order valence-electron chi connectivity index (χ1n) is 7.82. The third kappa shape index (κ3) is 5.55. The highest BCUT2D eigenvalue weighted by Crippen LogP contribution is 2.29. The van der Waals surface area contributed by atoms with Crippen molar-refractivity contribution < 1.29 is 14.4 Å². The second-order valence-corrected chi connectivity index (χ2v) is 6.60. The Morgan fingerprint density at radius 1 is 1.30 bits per heavy atom. The molecule has 128 valence electrons. The van der Waals surface area contributed by atoms with Crippen molar-refractivity contribution >= 4 is 37.5 Å². The highest BCUT2D eigenvalue weighted by Gasteiger charge is 2.35. The van der Waals surface area contributed by atoms with Crippen LogP contribution in [0.1, 0.15) is 44.6 Å². The molecule has 0 saturated carbocycles. The van der Waals surface area contributed by atoms with Gasteiger partial charge in [0.2, 0.25) is 0 Å². The Morgan fingerprint density at radius 3 is 2.43 bits per heavy atom. The fourth-order valence-corrected chi connectivity index (χ4v) is 3.15. The van der Waals surface area contributed by atoms with Crippen molar-refractivity contribution in [2.75, 3.05) is 5.75 Å². The van der Waals surface area contributed by atoms with Gasteiger partial charge in [-0.3, -0.25) is 0 Å². The van der Waals surface area contributed by atoms with Crippen molar-refractivity contribution in [1.29, 1.82) is 0 Å². The van der Waals surface area contributed by atoms with Gasteiger partial charge in [-0.05, 0) is 17.9 Å². The van der Waals surface area contributed by atoms with Crippen LogP contribution in [0.4, 0.5) is 0 Å². The van der Waals surface area contributed by atoms with E-state index in [9.17, 15) is 9.59 Å². The number of hydroxylamine groups is 1. The van der Waals surface area contributed by atoms with Crippen molar-refractivity contribution in [3.8, 4) is 0 Å². The monoisotopic (exact) mass is 355 g/mol. The Bertz CT molecular complexity index is 498. The van der Waals surface area contributed by atoms with Crippen LogP contribution in [0.2, 0.25) is 0 Å². The third-order valence-electron chi connectivity index (χ3n) is 4.01. The van der Waals surface area contributed by atoms with Crippen LogP contribution in [0.15, 0.2) is 30.3 Å². The van der Waals surface area contributed by atoms with Gasteiger partial charge in [-0.1, -0.05) is 50.6 Å². The van der Waals surface area contributed by atoms with Crippen LogP contribution in [0.5, 0.6) is 0 Å². The lowest BCUT2D eigenvalue weighted by Crippen LogP contribution is -2.49. The molecule has 0 aliphatic rings. The van der Waals surface area contributed by atoms with E-state index in [1.165, 1.54) is 0 Å². The molecule has 1 aromatic rings. The molecule has 0 fully saturated rings. The van der Waals surface area contributed by atoms with Crippen molar-refractivity contribution in [3.63, 3.8) is 0 Å². The molecule has 23 heavy (non-hydrogen) atoms. The molecule has 3 unspecified atom stereocenters. The quantitative estimate of drug-likeness (QED) is 0.261. The van der Waals surface area contributed by atoms with E-state index in [-0.39, 0.29) is 17.8 Å². The molecule has 0 spiro atoms. The van der Waals surface area contributed by atoms with Crippen LogP contribution in [-0.4, -0.2) is 22.9 Å². The highest BCUT2D eigenvalue weighted by molar-refractivity contribution is 7.85. The second kappa shape index (κ2) is 10.0. The number of carbonyl (C=O) groups excluding carboxylic acids is 2. The Hall–Kier alpha value is -0.980. The number of thiol groups is 2. The van der Waals surface area contributed by atoms with Crippen LogP contribution < -0.4 is 5.48 Å². The van der Waals surface area contributed by atoms with Gasteiger partial charge in [-0.25, -0.2) is 4.79 Å². The van der Waals surface area contributed by atoms with Gasteiger partial charge >= 0.3 is 5.97 Å². The minimum absolute atomic E-state index is 0.0783. The van der Waals surface area contributed by atoms with Crippen molar-refractivity contribution in [1.82, 2.24) is 5.48 Å². The number of nitrogens with one attached hydrogen (secondary N) is 1. The van der Waals surface area contributed by atoms with E-state index in [0.717, 1.165) is 18.3 Å². The van der Waals surface area contributed by atoms with E-state index in [2.05, 4.69) is 30.7 Å². The molecule has 1 aromatic carbocycles. The Kier molecular flexibility index (Phi) is 8.73. The molecular weight excluding hydrogens is 330 g/mol. The summed E-state index contributed by atoms with van der Waals surface area (Å²) in [4.78, 5) is 27.7. The number of aldehydes is 1. The van der Waals surface area contributed by atoms with Crippen LogP contribution in [-0.2, 0) is 14.4 Å². The molecule has 0 aromatic heterocycles. The zero-order chi connectivity index (χ0) is 17.3. The Balaban J connectivity index is 2.77. The normalized spacial score (nSPS) is 16.2. The molecule has 0 aliphatic heterocycles. The van der Waals surface area contributed by atoms with Crippen LogP contribution in [0.25, 0.3) is 0 Å². The standard InChI is InChI=1S/C17H25NO3S2/c1-3-14(10-11-19)17(23,12-22)18-21-16(20)15(4-2)13-8-6-5-7-9-13/h5-9,11,14-15,18,22-23H,3-4,10,12H2,1-2H3. The summed E-state index contributed by atoms with van der Waals surface area (Å²) >= 11 is 8.85. The lowest BCUT2D eigenvalue weighted by molar-refractivity contribution is -0.156. The summed E-state index contributed by atoms with van der Waals surface area (Å²) in [6, 6.07) is 9.51. The highest BCUT2D eigenvalue weighted by atomic mass is 32.1. The molecule has 1 rings (SSSR count). The minimum Gasteiger partial charge on any atom is -0.369 e. The number of hydrogen-bond acceptors (Lipinski definition) is 6. The van der Waals surface area contributed by atoms with Crippen molar-refractivity contribution in [3.05, 3.63) is 35.9 Å². The molecule has 6 heteroatoms. The summed E-state index contributed by atoms with van der Waals surface area (Å²) in [5, 5.41) is 0. The van der Waals surface area contributed by atoms with E-state index >= 15 is 0 Å². The van der Waals surface area contributed by atoms with Gasteiger partial charge in [0, 0.05) is 12.2 Å². The van der Waals surface area contributed by atoms with Gasteiger partial charge in [0.1, 0.15) is 11.2 Å². The van der Waals surface area contributed by atoms with Gasteiger partial charge in [-0.15, -0.1) is 5.48 Å². The number of hydrogen-bond donors (Lipinski definition) is 3. The summed E-state index contributed by atoms with van der Waals surface area (Å²) in [5.74, 6) is -0.449. The maximum Gasteiger partial charge on any atom is 0.332 e. The fourth-order valence-electron chi connectivity index (χ4n) is 2.49. The summed E-state index contributed by atoms with van der Waals surface area (Å²) in [6.07, 6.45) is 2.55. The molecule has 0 amide bonds. The molecule has 0 saturated heterocycles. The molecule has 4 nitrogen and oxygen atoms in total. The first kappa shape index (κ1) is 20.1. The Labute approximate surface area is 149 Å². The summed E-state index contributed by atoms with van der Waals surface area (Å²) < 4.78 is 0. The van der Waals surface area contributed by atoms with Crippen LogP contribution in [0, 0.1) is 5.92 Å². The molecule has 1 N–H and O–H groups in total. The predicted molar refractivity (Wildman–Crippen MR) is 98.7 cm³/mol. The second-order valence-electron chi connectivity index (χ2n) is 5.48. The summed E-state index contributed by atoms with van der Waals surface area (Å²) in [6.45, 7) is 3.90. The van der Waals surface area contributed by atoms with E-state index in [1.54, 1.807) is 0 Å². The van der Waals surface area contributed by atoms with Gasteiger partial charge in [-0.2, -0.15) is 25.3 Å². The first-order chi connectivity index (χ1) is 11.0. The lowest BCUT2D eigenvalue weighted by atomic mass is 9.95.